The molecule has 2 N–H and O–H groups in total. The molecule has 2 aromatic heterocycles. The molecule has 98 valence electrons. The predicted octanol–water partition coefficient (Wildman–Crippen LogP) is 2.78. The minimum Gasteiger partial charge on any atom is -0.328 e. The minimum absolute atomic E-state index is 0.0871. The number of thiophene rings is 1. The zero-order valence-corrected chi connectivity index (χ0v) is 13.0. The van der Waals surface area contributed by atoms with Gasteiger partial charge in [-0.2, -0.15) is 5.10 Å². The van der Waals surface area contributed by atoms with Crippen LogP contribution in [-0.4, -0.2) is 21.3 Å². The highest BCUT2D eigenvalue weighted by Crippen LogP contribution is 2.28. The number of nitrogens with zero attached hydrogens (tertiary/aromatic N) is 3. The second-order valence-electron chi connectivity index (χ2n) is 4.01. The average Bonchev–Trinajstić information content (AvgIpc) is 2.97. The van der Waals surface area contributed by atoms with Crippen molar-refractivity contribution >= 4 is 27.3 Å². The first-order chi connectivity index (χ1) is 8.69. The van der Waals surface area contributed by atoms with Crippen LogP contribution in [0.2, 0.25) is 0 Å². The summed E-state index contributed by atoms with van der Waals surface area (Å²) in [6.07, 6.45) is 1.72. The van der Waals surface area contributed by atoms with Crippen molar-refractivity contribution in [2.24, 2.45) is 5.73 Å². The van der Waals surface area contributed by atoms with Gasteiger partial charge in [-0.15, -0.1) is 11.3 Å². The van der Waals surface area contributed by atoms with Gasteiger partial charge in [0.05, 0.1) is 0 Å². The Morgan fingerprint density at radius 2 is 2.22 bits per heavy atom. The van der Waals surface area contributed by atoms with Crippen LogP contribution < -0.4 is 5.73 Å². The van der Waals surface area contributed by atoms with Gasteiger partial charge in [-0.05, 0) is 22.0 Å². The molecule has 6 heteroatoms. The van der Waals surface area contributed by atoms with Gasteiger partial charge in [-0.1, -0.05) is 13.8 Å². The highest BCUT2D eigenvalue weighted by Gasteiger charge is 2.19. The van der Waals surface area contributed by atoms with E-state index in [9.17, 15) is 0 Å². The molecule has 0 bridgehead atoms. The Kier molecular flexibility index (Phi) is 4.53. The second-order valence-corrected chi connectivity index (χ2v) is 5.87. The molecule has 0 aliphatic rings. The van der Waals surface area contributed by atoms with Gasteiger partial charge in [-0.3, -0.25) is 0 Å². The molecule has 0 fully saturated rings. The first kappa shape index (κ1) is 13.7. The zero-order valence-electron chi connectivity index (χ0n) is 10.6. The first-order valence-corrected chi connectivity index (χ1v) is 7.75. The lowest BCUT2D eigenvalue weighted by Crippen LogP contribution is -2.22. The van der Waals surface area contributed by atoms with E-state index in [1.54, 1.807) is 11.3 Å². The number of rotatable bonds is 5. The normalized spacial score (nSPS) is 12.9. The zero-order chi connectivity index (χ0) is 13.1. The topological polar surface area (TPSA) is 56.7 Å². The number of aromatic nitrogens is 3. The predicted molar refractivity (Wildman–Crippen MR) is 78.0 cm³/mol. The highest BCUT2D eigenvalue weighted by molar-refractivity contribution is 9.10. The van der Waals surface area contributed by atoms with Crippen LogP contribution in [0.15, 0.2) is 15.9 Å². The molecule has 1 atom stereocenters. The van der Waals surface area contributed by atoms with E-state index < -0.39 is 0 Å². The van der Waals surface area contributed by atoms with Crippen molar-refractivity contribution in [1.29, 1.82) is 0 Å². The maximum atomic E-state index is 5.92. The van der Waals surface area contributed by atoms with Crippen LogP contribution in [0, 0.1) is 0 Å². The Morgan fingerprint density at radius 3 is 2.72 bits per heavy atom. The summed E-state index contributed by atoms with van der Waals surface area (Å²) in [4.78, 5) is 5.75. The molecule has 0 radical (unpaired) electrons. The summed E-state index contributed by atoms with van der Waals surface area (Å²) in [7, 11) is 0. The third kappa shape index (κ3) is 2.65. The van der Waals surface area contributed by atoms with Gasteiger partial charge in [0.1, 0.15) is 11.9 Å². The fraction of sp³-hybridized carbons (Fsp3) is 0.500. The van der Waals surface area contributed by atoms with Crippen molar-refractivity contribution in [1.82, 2.24) is 14.8 Å². The fourth-order valence-corrected chi connectivity index (χ4v) is 3.43. The molecule has 2 heterocycles. The summed E-state index contributed by atoms with van der Waals surface area (Å²) in [5.41, 5.74) is 5.92. The van der Waals surface area contributed by atoms with E-state index in [-0.39, 0.29) is 6.04 Å². The number of hydrogen-bond acceptors (Lipinski definition) is 4. The molecule has 0 saturated carbocycles. The lowest BCUT2D eigenvalue weighted by molar-refractivity contribution is 0.512. The summed E-state index contributed by atoms with van der Waals surface area (Å²) in [6.45, 7) is 4.70. The summed E-state index contributed by atoms with van der Waals surface area (Å²) in [5.74, 6) is 1.90. The lowest BCUT2D eigenvalue weighted by atomic mass is 10.2. The van der Waals surface area contributed by atoms with Crippen molar-refractivity contribution in [2.45, 2.75) is 32.7 Å². The molecule has 0 spiro atoms. The summed E-state index contributed by atoms with van der Waals surface area (Å²) in [5, 5.41) is 6.64. The van der Waals surface area contributed by atoms with Crippen LogP contribution in [0.5, 0.6) is 0 Å². The molecule has 18 heavy (non-hydrogen) atoms. The fourth-order valence-electron chi connectivity index (χ4n) is 1.88. The van der Waals surface area contributed by atoms with Gasteiger partial charge in [0.2, 0.25) is 0 Å². The number of halogens is 1. The Morgan fingerprint density at radius 1 is 1.44 bits per heavy atom. The quantitative estimate of drug-likeness (QED) is 0.918. The van der Waals surface area contributed by atoms with Crippen LogP contribution in [0.1, 0.15) is 36.4 Å². The molecule has 4 nitrogen and oxygen atoms in total. The maximum Gasteiger partial charge on any atom is 0.150 e. The number of nitrogens with two attached hydrogens (primary N) is 1. The van der Waals surface area contributed by atoms with Crippen molar-refractivity contribution in [3.63, 3.8) is 0 Å². The van der Waals surface area contributed by atoms with E-state index in [0.29, 0.717) is 6.54 Å². The SMILES string of the molecule is CCc1nc(CC)n(C(CN)c2cc(Br)cs2)n1. The van der Waals surface area contributed by atoms with Gasteiger partial charge >= 0.3 is 0 Å². The summed E-state index contributed by atoms with van der Waals surface area (Å²) in [6, 6.07) is 2.19. The standard InChI is InChI=1S/C12H17BrN4S/c1-3-11-15-12(4-2)17(16-11)9(6-14)10-5-8(13)7-18-10/h5,7,9H,3-4,6,14H2,1-2H3. The number of hydrogen-bond donors (Lipinski definition) is 1. The Hall–Kier alpha value is -0.720. The molecule has 0 saturated heterocycles. The molecule has 0 aliphatic carbocycles. The van der Waals surface area contributed by atoms with Crippen molar-refractivity contribution < 1.29 is 0 Å². The van der Waals surface area contributed by atoms with E-state index in [2.05, 4.69) is 51.3 Å². The molecule has 0 aromatic carbocycles. The molecular formula is C12H17BrN4S. The molecular weight excluding hydrogens is 312 g/mol. The van der Waals surface area contributed by atoms with Gasteiger partial charge in [0.15, 0.2) is 5.82 Å². The van der Waals surface area contributed by atoms with Crippen LogP contribution in [0.25, 0.3) is 0 Å². The Bertz CT molecular complexity index is 520. The van der Waals surface area contributed by atoms with E-state index >= 15 is 0 Å². The molecule has 2 aromatic rings. The van der Waals surface area contributed by atoms with Crippen LogP contribution >= 0.6 is 27.3 Å². The monoisotopic (exact) mass is 328 g/mol. The van der Waals surface area contributed by atoms with Crippen molar-refractivity contribution in [2.75, 3.05) is 6.54 Å². The third-order valence-corrected chi connectivity index (χ3v) is 4.61. The molecule has 2 rings (SSSR count). The van der Waals surface area contributed by atoms with Crippen LogP contribution in [-0.2, 0) is 12.8 Å². The lowest BCUT2D eigenvalue weighted by Gasteiger charge is -2.15. The first-order valence-electron chi connectivity index (χ1n) is 6.07. The van der Waals surface area contributed by atoms with Gasteiger partial charge < -0.3 is 5.73 Å². The van der Waals surface area contributed by atoms with Gasteiger partial charge in [0.25, 0.3) is 0 Å². The van der Waals surface area contributed by atoms with Crippen LogP contribution in [0.4, 0.5) is 0 Å². The van der Waals surface area contributed by atoms with E-state index in [1.807, 2.05) is 4.68 Å². The van der Waals surface area contributed by atoms with E-state index in [4.69, 9.17) is 5.73 Å². The smallest absolute Gasteiger partial charge is 0.150 e. The number of aryl methyl sites for hydroxylation is 2. The highest BCUT2D eigenvalue weighted by atomic mass is 79.9. The summed E-state index contributed by atoms with van der Waals surface area (Å²) >= 11 is 5.18. The van der Waals surface area contributed by atoms with Gasteiger partial charge in [0, 0.05) is 34.1 Å². The third-order valence-electron chi connectivity index (χ3n) is 2.81. The van der Waals surface area contributed by atoms with Crippen molar-refractivity contribution in [3.8, 4) is 0 Å². The average molecular weight is 329 g/mol. The second kappa shape index (κ2) is 5.95. The molecule has 0 aliphatic heterocycles. The molecule has 0 amide bonds. The maximum absolute atomic E-state index is 5.92. The van der Waals surface area contributed by atoms with Gasteiger partial charge in [-0.25, -0.2) is 9.67 Å². The van der Waals surface area contributed by atoms with E-state index in [0.717, 1.165) is 29.0 Å². The minimum atomic E-state index is 0.0871. The molecule has 1 unspecified atom stereocenters. The Balaban J connectivity index is 2.40. The van der Waals surface area contributed by atoms with Crippen LogP contribution in [0.3, 0.4) is 0 Å². The largest absolute Gasteiger partial charge is 0.328 e. The summed E-state index contributed by atoms with van der Waals surface area (Å²) < 4.78 is 3.08. The van der Waals surface area contributed by atoms with Crippen molar-refractivity contribution in [3.05, 3.63) is 32.4 Å². The Labute approximate surface area is 119 Å². The van der Waals surface area contributed by atoms with E-state index in [1.165, 1.54) is 4.88 Å².